The van der Waals surface area contributed by atoms with Crippen molar-refractivity contribution in [2.45, 2.75) is 38.0 Å². The Bertz CT molecular complexity index is 1120. The standard InChI is InChI=1S/C27H25N3O/c1-2-5-24(27(31)30-22-14-8-19(18-28)9-15-22)21-12-10-20(11-13-21)23-16-17-29-26-7-4-3-6-25(23)26/h2,6-9,14-17,20-21,24H,1,5,10-13H2,(H,30,31). The van der Waals surface area contributed by atoms with Crippen LogP contribution in [0.25, 0.3) is 12.2 Å². The first-order valence-electron chi connectivity index (χ1n) is 10.8. The second kappa shape index (κ2) is 9.45. The smallest absolute Gasteiger partial charge is 0.228 e. The van der Waals surface area contributed by atoms with Gasteiger partial charge in [0.15, 0.2) is 0 Å². The number of aromatic nitrogens is 1. The summed E-state index contributed by atoms with van der Waals surface area (Å²) in [4.78, 5) is 17.5. The molecule has 1 unspecified atom stereocenters. The van der Waals surface area contributed by atoms with Crippen LogP contribution in [0.4, 0.5) is 5.69 Å². The lowest BCUT2D eigenvalue weighted by atomic mass is 9.72. The van der Waals surface area contributed by atoms with Gasteiger partial charge in [0.2, 0.25) is 5.91 Å². The van der Waals surface area contributed by atoms with E-state index in [9.17, 15) is 4.79 Å². The number of hydrogen-bond donors (Lipinski definition) is 1. The lowest BCUT2D eigenvalue weighted by Gasteiger charge is -2.33. The van der Waals surface area contributed by atoms with Gasteiger partial charge in [-0.3, -0.25) is 9.78 Å². The number of benzene rings is 1. The van der Waals surface area contributed by atoms with Crippen LogP contribution in [0.1, 0.15) is 60.4 Å². The van der Waals surface area contributed by atoms with Gasteiger partial charge in [-0.2, -0.15) is 5.26 Å². The van der Waals surface area contributed by atoms with Crippen LogP contribution in [0.5, 0.6) is 0 Å². The number of hydrogen-bond acceptors (Lipinski definition) is 3. The number of carbonyl (C=O) groups is 1. The van der Waals surface area contributed by atoms with Crippen LogP contribution < -0.4 is 5.32 Å². The third kappa shape index (κ3) is 4.60. The van der Waals surface area contributed by atoms with E-state index in [0.717, 1.165) is 42.6 Å². The Hall–Kier alpha value is -3.63. The summed E-state index contributed by atoms with van der Waals surface area (Å²) in [6.45, 7) is 3.87. The summed E-state index contributed by atoms with van der Waals surface area (Å²) >= 11 is 0. The van der Waals surface area contributed by atoms with E-state index in [1.54, 1.807) is 24.3 Å². The minimum atomic E-state index is -0.0915. The summed E-state index contributed by atoms with van der Waals surface area (Å²) in [6, 6.07) is 11.2. The van der Waals surface area contributed by atoms with E-state index in [1.165, 1.54) is 5.56 Å². The fourth-order valence-electron chi connectivity index (χ4n) is 4.75. The van der Waals surface area contributed by atoms with Crippen LogP contribution >= 0.6 is 0 Å². The van der Waals surface area contributed by atoms with Gasteiger partial charge >= 0.3 is 0 Å². The predicted molar refractivity (Wildman–Crippen MR) is 123 cm³/mol. The van der Waals surface area contributed by atoms with Gasteiger partial charge in [0.25, 0.3) is 0 Å². The molecule has 2 aliphatic rings. The van der Waals surface area contributed by atoms with E-state index >= 15 is 0 Å². The Kier molecular flexibility index (Phi) is 6.29. The molecule has 31 heavy (non-hydrogen) atoms. The number of fused-ring (bicyclic) bond motifs is 1. The lowest BCUT2D eigenvalue weighted by molar-refractivity contribution is -0.121. The molecule has 1 amide bonds. The Morgan fingerprint density at radius 1 is 1.19 bits per heavy atom. The molecule has 4 rings (SSSR count). The number of nitrogens with one attached hydrogen (secondary N) is 1. The molecule has 4 heteroatoms. The van der Waals surface area contributed by atoms with Crippen molar-refractivity contribution in [3.8, 4) is 6.07 Å². The first-order chi connectivity index (χ1) is 15.2. The third-order valence-corrected chi connectivity index (χ3v) is 6.38. The number of allylic oxidation sites excluding steroid dienone is 1. The van der Waals surface area contributed by atoms with Crippen molar-refractivity contribution in [1.29, 1.82) is 5.26 Å². The van der Waals surface area contributed by atoms with Gasteiger partial charge in [-0.05, 0) is 85.9 Å². The molecule has 0 aliphatic heterocycles. The molecular formula is C27H25N3O. The van der Waals surface area contributed by atoms with Gasteiger partial charge in [-0.1, -0.05) is 17.5 Å². The van der Waals surface area contributed by atoms with Crippen LogP contribution in [-0.2, 0) is 4.79 Å². The summed E-state index contributed by atoms with van der Waals surface area (Å²) in [5, 5.41) is 12.0. The Labute approximate surface area is 183 Å². The number of anilines is 1. The molecule has 1 atom stereocenters. The van der Waals surface area contributed by atoms with Crippen molar-refractivity contribution in [2.75, 3.05) is 5.32 Å². The second-order valence-electron chi connectivity index (χ2n) is 8.20. The van der Waals surface area contributed by atoms with E-state index in [4.69, 9.17) is 5.26 Å². The Morgan fingerprint density at radius 3 is 2.65 bits per heavy atom. The molecule has 4 nitrogen and oxygen atoms in total. The molecule has 1 saturated carbocycles. The zero-order chi connectivity index (χ0) is 21.6. The van der Waals surface area contributed by atoms with Crippen molar-refractivity contribution in [3.63, 3.8) is 0 Å². The van der Waals surface area contributed by atoms with Gasteiger partial charge in [0.1, 0.15) is 0 Å². The van der Waals surface area contributed by atoms with Gasteiger partial charge < -0.3 is 5.32 Å². The molecule has 0 bridgehead atoms. The van der Waals surface area contributed by atoms with Crippen LogP contribution in [-0.4, -0.2) is 10.9 Å². The van der Waals surface area contributed by atoms with Gasteiger partial charge in [0.05, 0.1) is 17.3 Å². The SMILES string of the molecule is C=CCC(C(=O)Nc1ccc(C#N)cc1)C1CCC(c2ccnc3c2C=C=C=C3)CC1. The topological polar surface area (TPSA) is 65.8 Å². The summed E-state index contributed by atoms with van der Waals surface area (Å²) in [5.74, 6) is 0.753. The highest BCUT2D eigenvalue weighted by molar-refractivity contribution is 5.92. The third-order valence-electron chi connectivity index (χ3n) is 6.38. The molecule has 154 valence electrons. The second-order valence-corrected chi connectivity index (χ2v) is 8.20. The van der Waals surface area contributed by atoms with E-state index in [1.807, 2.05) is 24.4 Å². The number of pyridine rings is 1. The van der Waals surface area contributed by atoms with E-state index in [2.05, 4.69) is 40.5 Å². The summed E-state index contributed by atoms with van der Waals surface area (Å²) in [7, 11) is 0. The maximum absolute atomic E-state index is 13.0. The van der Waals surface area contributed by atoms with Crippen molar-refractivity contribution in [1.82, 2.24) is 4.98 Å². The van der Waals surface area contributed by atoms with Crippen molar-refractivity contribution in [2.24, 2.45) is 11.8 Å². The number of rotatable bonds is 6. The highest BCUT2D eigenvalue weighted by atomic mass is 16.1. The van der Waals surface area contributed by atoms with Crippen LogP contribution in [0.2, 0.25) is 0 Å². The zero-order valence-electron chi connectivity index (χ0n) is 17.5. The van der Waals surface area contributed by atoms with E-state index in [-0.39, 0.29) is 11.8 Å². The molecule has 1 heterocycles. The fourth-order valence-corrected chi connectivity index (χ4v) is 4.75. The molecule has 2 aliphatic carbocycles. The monoisotopic (exact) mass is 407 g/mol. The Balaban J connectivity index is 1.43. The highest BCUT2D eigenvalue weighted by Gasteiger charge is 2.32. The van der Waals surface area contributed by atoms with Crippen LogP contribution in [0.3, 0.4) is 0 Å². The Morgan fingerprint density at radius 2 is 1.94 bits per heavy atom. The average Bonchev–Trinajstić information content (AvgIpc) is 2.83. The largest absolute Gasteiger partial charge is 0.326 e. The van der Waals surface area contributed by atoms with Crippen LogP contribution in [0, 0.1) is 23.2 Å². The summed E-state index contributed by atoms with van der Waals surface area (Å²) < 4.78 is 0. The number of nitriles is 1. The summed E-state index contributed by atoms with van der Waals surface area (Å²) in [6.07, 6.45) is 12.4. The molecule has 2 aromatic rings. The quantitative estimate of drug-likeness (QED) is 0.412. The van der Waals surface area contributed by atoms with Gasteiger partial charge in [0, 0.05) is 29.4 Å². The maximum atomic E-state index is 13.0. The number of amides is 1. The molecular weight excluding hydrogens is 382 g/mol. The number of carbonyl (C=O) groups excluding carboxylic acids is 1. The van der Waals surface area contributed by atoms with Crippen LogP contribution in [0.15, 0.2) is 60.6 Å². The maximum Gasteiger partial charge on any atom is 0.228 e. The van der Waals surface area contributed by atoms with Crippen molar-refractivity contribution >= 4 is 23.7 Å². The first kappa shape index (κ1) is 20.6. The fraction of sp³-hybridized carbons (Fsp3) is 0.296. The van der Waals surface area contributed by atoms with E-state index in [0.29, 0.717) is 23.8 Å². The summed E-state index contributed by atoms with van der Waals surface area (Å²) in [5.41, 5.74) is 10.8. The zero-order valence-corrected chi connectivity index (χ0v) is 17.5. The van der Waals surface area contributed by atoms with Gasteiger partial charge in [-0.25, -0.2) is 0 Å². The molecule has 0 spiro atoms. The van der Waals surface area contributed by atoms with Crippen molar-refractivity contribution < 1.29 is 4.79 Å². The predicted octanol–water partition coefficient (Wildman–Crippen LogP) is 5.85. The first-order valence-corrected chi connectivity index (χ1v) is 10.8. The minimum absolute atomic E-state index is 0.0348. The molecule has 0 radical (unpaired) electrons. The van der Waals surface area contributed by atoms with Gasteiger partial charge in [-0.15, -0.1) is 6.58 Å². The lowest BCUT2D eigenvalue weighted by Crippen LogP contribution is -2.31. The molecule has 1 N–H and O–H groups in total. The number of nitrogens with zero attached hydrogens (tertiary/aromatic N) is 2. The highest BCUT2D eigenvalue weighted by Crippen LogP contribution is 2.41. The molecule has 1 fully saturated rings. The molecule has 1 aromatic carbocycles. The molecule has 0 saturated heterocycles. The average molecular weight is 408 g/mol. The normalized spacial score (nSPS) is 19.8. The van der Waals surface area contributed by atoms with Crippen molar-refractivity contribution in [3.05, 3.63) is 83.0 Å². The molecule has 1 aromatic heterocycles. The minimum Gasteiger partial charge on any atom is -0.326 e. The van der Waals surface area contributed by atoms with E-state index < -0.39 is 0 Å².